The third kappa shape index (κ3) is 2.74. The number of nitrogens with one attached hydrogen (secondary N) is 1. The zero-order chi connectivity index (χ0) is 15.8. The third-order valence-corrected chi connectivity index (χ3v) is 3.70. The fourth-order valence-corrected chi connectivity index (χ4v) is 2.22. The molecule has 114 valence electrons. The number of carbonyl (C=O) groups is 1. The van der Waals surface area contributed by atoms with Crippen LogP contribution in [-0.2, 0) is 4.79 Å². The summed E-state index contributed by atoms with van der Waals surface area (Å²) in [6.45, 7) is 1.47. The normalized spacial score (nSPS) is 16.9. The number of anilines is 1. The molecule has 0 radical (unpaired) electrons. The Morgan fingerprint density at radius 1 is 1.57 bits per heavy atom. The van der Waals surface area contributed by atoms with E-state index in [4.69, 9.17) is 4.74 Å². The number of hydrogen-bond acceptors (Lipinski definition) is 5. The van der Waals surface area contributed by atoms with Crippen molar-refractivity contribution in [2.45, 2.75) is 25.3 Å². The Labute approximate surface area is 119 Å². The van der Waals surface area contributed by atoms with Gasteiger partial charge in [0.25, 0.3) is 0 Å². The molecular weight excluding hydrogens is 283 g/mol. The van der Waals surface area contributed by atoms with Crippen molar-refractivity contribution in [3.8, 4) is 5.75 Å². The number of nitro groups is 1. The zero-order valence-electron chi connectivity index (χ0n) is 11.6. The number of ether oxygens (including phenoxy) is 1. The number of hydrogen-bond donors (Lipinski definition) is 2. The van der Waals surface area contributed by atoms with E-state index in [-0.39, 0.29) is 17.4 Å². The second kappa shape index (κ2) is 5.19. The van der Waals surface area contributed by atoms with Gasteiger partial charge in [-0.1, -0.05) is 0 Å². The van der Waals surface area contributed by atoms with Gasteiger partial charge in [0.15, 0.2) is 11.6 Å². The van der Waals surface area contributed by atoms with Gasteiger partial charge in [0, 0.05) is 6.07 Å². The number of aliphatic carboxylic acids is 1. The van der Waals surface area contributed by atoms with Crippen molar-refractivity contribution in [1.29, 1.82) is 0 Å². The molecule has 0 aliphatic heterocycles. The first-order valence-electron chi connectivity index (χ1n) is 6.33. The largest absolute Gasteiger partial charge is 0.490 e. The van der Waals surface area contributed by atoms with Gasteiger partial charge in [-0.15, -0.1) is 0 Å². The molecule has 0 aromatic heterocycles. The minimum Gasteiger partial charge on any atom is -0.490 e. The van der Waals surface area contributed by atoms with Crippen molar-refractivity contribution in [1.82, 2.24) is 0 Å². The van der Waals surface area contributed by atoms with Gasteiger partial charge in [-0.25, -0.2) is 9.18 Å². The summed E-state index contributed by atoms with van der Waals surface area (Å²) in [5.74, 6) is -2.22. The van der Waals surface area contributed by atoms with Crippen molar-refractivity contribution in [3.63, 3.8) is 0 Å². The second-order valence-corrected chi connectivity index (χ2v) is 5.17. The monoisotopic (exact) mass is 298 g/mol. The quantitative estimate of drug-likeness (QED) is 0.617. The fraction of sp³-hybridized carbons (Fsp3) is 0.462. The van der Waals surface area contributed by atoms with Crippen molar-refractivity contribution >= 4 is 17.3 Å². The standard InChI is InChI=1S/C13H15FN2O5/c1-13(12(17)18,7-3-4-7)15-9-6-11(21-2)10(16(19)20)5-8(9)14/h5-7,15H,3-4H2,1-2H3,(H,17,18). The van der Waals surface area contributed by atoms with Crippen LogP contribution in [0.4, 0.5) is 15.8 Å². The molecule has 7 nitrogen and oxygen atoms in total. The molecule has 0 saturated heterocycles. The maximum Gasteiger partial charge on any atom is 0.329 e. The van der Waals surface area contributed by atoms with Crippen LogP contribution >= 0.6 is 0 Å². The molecule has 21 heavy (non-hydrogen) atoms. The highest BCUT2D eigenvalue weighted by Gasteiger charge is 2.48. The first-order chi connectivity index (χ1) is 9.79. The number of nitro benzene ring substituents is 1. The van der Waals surface area contributed by atoms with E-state index >= 15 is 0 Å². The predicted molar refractivity (Wildman–Crippen MR) is 72.0 cm³/mol. The number of rotatable bonds is 6. The predicted octanol–water partition coefficient (Wildman–Crippen LogP) is 2.41. The van der Waals surface area contributed by atoms with Crippen molar-refractivity contribution in [2.75, 3.05) is 12.4 Å². The lowest BCUT2D eigenvalue weighted by Gasteiger charge is -2.27. The average Bonchev–Trinajstić information content (AvgIpc) is 3.24. The lowest BCUT2D eigenvalue weighted by atomic mass is 9.95. The number of nitrogens with zero attached hydrogens (tertiary/aromatic N) is 1. The van der Waals surface area contributed by atoms with Gasteiger partial charge in [-0.05, 0) is 25.7 Å². The summed E-state index contributed by atoms with van der Waals surface area (Å²) in [5, 5.41) is 22.8. The molecule has 1 aliphatic rings. The third-order valence-electron chi connectivity index (χ3n) is 3.70. The Balaban J connectivity index is 2.40. The maximum absolute atomic E-state index is 14.0. The van der Waals surface area contributed by atoms with Crippen LogP contribution in [0.5, 0.6) is 5.75 Å². The molecule has 1 aromatic carbocycles. The number of methoxy groups -OCH3 is 1. The summed E-state index contributed by atoms with van der Waals surface area (Å²) in [4.78, 5) is 21.5. The lowest BCUT2D eigenvalue weighted by molar-refractivity contribution is -0.385. The fourth-order valence-electron chi connectivity index (χ4n) is 2.22. The molecule has 0 bridgehead atoms. The summed E-state index contributed by atoms with van der Waals surface area (Å²) in [6.07, 6.45) is 1.48. The molecule has 1 atom stereocenters. The van der Waals surface area contributed by atoms with E-state index in [9.17, 15) is 24.4 Å². The average molecular weight is 298 g/mol. The number of halogens is 1. The summed E-state index contributed by atoms with van der Waals surface area (Å²) in [5.41, 5.74) is -1.96. The van der Waals surface area contributed by atoms with Crippen LogP contribution in [0, 0.1) is 21.8 Å². The molecular formula is C13H15FN2O5. The summed E-state index contributed by atoms with van der Waals surface area (Å²) >= 11 is 0. The highest BCUT2D eigenvalue weighted by atomic mass is 19.1. The van der Waals surface area contributed by atoms with Gasteiger partial charge < -0.3 is 15.2 Å². The number of carboxylic acid groups (broad SMARTS) is 1. The van der Waals surface area contributed by atoms with E-state index in [1.807, 2.05) is 0 Å². The highest BCUT2D eigenvalue weighted by Crippen LogP contribution is 2.43. The van der Waals surface area contributed by atoms with Crippen LogP contribution in [-0.4, -0.2) is 28.6 Å². The first-order valence-corrected chi connectivity index (χ1v) is 6.33. The molecule has 1 saturated carbocycles. The summed E-state index contributed by atoms with van der Waals surface area (Å²) in [7, 11) is 1.22. The maximum atomic E-state index is 14.0. The molecule has 1 fully saturated rings. The molecule has 1 aliphatic carbocycles. The van der Waals surface area contributed by atoms with Crippen LogP contribution in [0.25, 0.3) is 0 Å². The van der Waals surface area contributed by atoms with E-state index in [1.54, 1.807) is 0 Å². The summed E-state index contributed by atoms with van der Waals surface area (Å²) in [6, 6.07) is 1.83. The lowest BCUT2D eigenvalue weighted by Crippen LogP contribution is -2.45. The minimum atomic E-state index is -1.32. The van der Waals surface area contributed by atoms with Crippen molar-refractivity contribution in [2.24, 2.45) is 5.92 Å². The Hall–Kier alpha value is -2.38. The van der Waals surface area contributed by atoms with Gasteiger partial charge >= 0.3 is 11.7 Å². The van der Waals surface area contributed by atoms with E-state index < -0.39 is 27.9 Å². The number of carboxylic acids is 1. The first kappa shape index (κ1) is 15.0. The molecule has 0 spiro atoms. The van der Waals surface area contributed by atoms with Crippen molar-refractivity contribution < 1.29 is 24.0 Å². The molecule has 1 aromatic rings. The van der Waals surface area contributed by atoms with Crippen LogP contribution in [0.3, 0.4) is 0 Å². The van der Waals surface area contributed by atoms with Crippen LogP contribution < -0.4 is 10.1 Å². The second-order valence-electron chi connectivity index (χ2n) is 5.17. The van der Waals surface area contributed by atoms with Crippen molar-refractivity contribution in [3.05, 3.63) is 28.1 Å². The van der Waals surface area contributed by atoms with Crippen LogP contribution in [0.15, 0.2) is 12.1 Å². The van der Waals surface area contributed by atoms with Crippen LogP contribution in [0.2, 0.25) is 0 Å². The van der Waals surface area contributed by atoms with Gasteiger partial charge in [-0.2, -0.15) is 0 Å². The Morgan fingerprint density at radius 2 is 2.19 bits per heavy atom. The molecule has 2 rings (SSSR count). The van der Waals surface area contributed by atoms with E-state index in [2.05, 4.69) is 5.32 Å². The van der Waals surface area contributed by atoms with Gasteiger partial charge in [-0.3, -0.25) is 10.1 Å². The molecule has 8 heteroatoms. The molecule has 0 amide bonds. The minimum absolute atomic E-state index is 0.101. The molecule has 0 heterocycles. The Bertz CT molecular complexity index is 602. The number of benzene rings is 1. The topological polar surface area (TPSA) is 102 Å². The highest BCUT2D eigenvalue weighted by molar-refractivity contribution is 5.83. The smallest absolute Gasteiger partial charge is 0.329 e. The molecule has 1 unspecified atom stereocenters. The van der Waals surface area contributed by atoms with Gasteiger partial charge in [0.05, 0.1) is 23.8 Å². The van der Waals surface area contributed by atoms with Gasteiger partial charge in [0.1, 0.15) is 5.54 Å². The summed E-state index contributed by atoms with van der Waals surface area (Å²) < 4.78 is 18.8. The Morgan fingerprint density at radius 3 is 2.62 bits per heavy atom. The van der Waals surface area contributed by atoms with E-state index in [1.165, 1.54) is 14.0 Å². The SMILES string of the molecule is COc1cc(NC(C)(C(=O)O)C2CC2)c(F)cc1[N+](=O)[O-]. The Kier molecular flexibility index (Phi) is 3.71. The van der Waals surface area contributed by atoms with Gasteiger partial charge in [0.2, 0.25) is 0 Å². The van der Waals surface area contributed by atoms with E-state index in [0.717, 1.165) is 25.0 Å². The van der Waals surface area contributed by atoms with E-state index in [0.29, 0.717) is 0 Å². The zero-order valence-corrected chi connectivity index (χ0v) is 11.6. The molecule has 2 N–H and O–H groups in total. The van der Waals surface area contributed by atoms with Crippen LogP contribution in [0.1, 0.15) is 19.8 Å².